The van der Waals surface area contributed by atoms with Gasteiger partial charge in [0.25, 0.3) is 0 Å². The van der Waals surface area contributed by atoms with Crippen molar-refractivity contribution in [3.8, 4) is 0 Å². The average Bonchev–Trinajstić information content (AvgIpc) is 2.32. The van der Waals surface area contributed by atoms with Crippen molar-refractivity contribution >= 4 is 31.9 Å². The number of benzene rings is 2. The van der Waals surface area contributed by atoms with E-state index < -0.39 is 5.54 Å². The van der Waals surface area contributed by atoms with Gasteiger partial charge in [-0.3, -0.25) is 0 Å². The van der Waals surface area contributed by atoms with Gasteiger partial charge < -0.3 is 5.73 Å². The van der Waals surface area contributed by atoms with Crippen LogP contribution in [0.4, 0.5) is 4.39 Å². The van der Waals surface area contributed by atoms with E-state index in [0.29, 0.717) is 10.0 Å². The summed E-state index contributed by atoms with van der Waals surface area (Å²) in [7, 11) is 0. The summed E-state index contributed by atoms with van der Waals surface area (Å²) in [5.41, 5.74) is 6.76. The molecule has 0 amide bonds. The topological polar surface area (TPSA) is 26.0 Å². The van der Waals surface area contributed by atoms with Crippen molar-refractivity contribution < 1.29 is 4.39 Å². The molecule has 1 atom stereocenters. The van der Waals surface area contributed by atoms with Crippen molar-refractivity contribution in [1.82, 2.24) is 0 Å². The maximum atomic E-state index is 14.2. The van der Waals surface area contributed by atoms with Gasteiger partial charge >= 0.3 is 0 Å². The van der Waals surface area contributed by atoms with Crippen LogP contribution in [0.5, 0.6) is 0 Å². The van der Waals surface area contributed by atoms with Crippen LogP contribution in [0.25, 0.3) is 0 Å². The van der Waals surface area contributed by atoms with Gasteiger partial charge in [0.05, 0.1) is 10.0 Å². The van der Waals surface area contributed by atoms with E-state index in [9.17, 15) is 4.39 Å². The first-order chi connectivity index (χ1) is 8.44. The van der Waals surface area contributed by atoms with Crippen molar-refractivity contribution in [2.45, 2.75) is 12.5 Å². The molecule has 1 unspecified atom stereocenters. The fourth-order valence-corrected chi connectivity index (χ4v) is 3.00. The Labute approximate surface area is 122 Å². The normalized spacial score (nSPS) is 14.3. The molecule has 0 saturated heterocycles. The largest absolute Gasteiger partial charge is 0.318 e. The molecule has 2 aromatic carbocycles. The fraction of sp³-hybridized carbons (Fsp3) is 0.143. The van der Waals surface area contributed by atoms with Crippen molar-refractivity contribution in [3.63, 3.8) is 0 Å². The molecule has 1 nitrogen and oxygen atoms in total. The lowest BCUT2D eigenvalue weighted by molar-refractivity contribution is 0.526. The van der Waals surface area contributed by atoms with Gasteiger partial charge in [0, 0.05) is 10.0 Å². The van der Waals surface area contributed by atoms with Gasteiger partial charge in [-0.05, 0) is 40.5 Å². The van der Waals surface area contributed by atoms with E-state index in [1.165, 1.54) is 0 Å². The Morgan fingerprint density at radius 3 is 2.17 bits per heavy atom. The van der Waals surface area contributed by atoms with E-state index in [4.69, 9.17) is 5.73 Å². The zero-order valence-corrected chi connectivity index (χ0v) is 12.9. The van der Waals surface area contributed by atoms with Gasteiger partial charge in [-0.1, -0.05) is 46.3 Å². The quantitative estimate of drug-likeness (QED) is 0.820. The molecule has 18 heavy (non-hydrogen) atoms. The first-order valence-electron chi connectivity index (χ1n) is 5.43. The molecule has 0 spiro atoms. The molecular formula is C14H12Br2FN. The molecule has 0 aliphatic rings. The third kappa shape index (κ3) is 2.37. The fourth-order valence-electron chi connectivity index (χ4n) is 1.93. The standard InChI is InChI=1S/C14H12Br2FN/c1-14(18,9-5-2-3-7-11(9)15)10-6-4-8-12(16)13(10)17/h2-8H,18H2,1H3. The Morgan fingerprint density at radius 1 is 0.944 bits per heavy atom. The van der Waals surface area contributed by atoms with Crippen LogP contribution in [0, 0.1) is 5.82 Å². The summed E-state index contributed by atoms with van der Waals surface area (Å²) in [5, 5.41) is 0. The summed E-state index contributed by atoms with van der Waals surface area (Å²) >= 11 is 6.65. The second-order valence-electron chi connectivity index (χ2n) is 4.28. The summed E-state index contributed by atoms with van der Waals surface area (Å²) in [6.07, 6.45) is 0. The Bertz CT molecular complexity index is 582. The van der Waals surface area contributed by atoms with Crippen LogP contribution in [0.3, 0.4) is 0 Å². The van der Waals surface area contributed by atoms with Crippen LogP contribution in [0.2, 0.25) is 0 Å². The maximum absolute atomic E-state index is 14.2. The van der Waals surface area contributed by atoms with Gasteiger partial charge in [0.2, 0.25) is 0 Å². The van der Waals surface area contributed by atoms with Crippen LogP contribution in [0.15, 0.2) is 51.4 Å². The Kier molecular flexibility index (Phi) is 3.90. The third-order valence-corrected chi connectivity index (χ3v) is 4.25. The molecule has 0 aliphatic carbocycles. The first-order valence-corrected chi connectivity index (χ1v) is 7.01. The van der Waals surface area contributed by atoms with E-state index in [-0.39, 0.29) is 5.82 Å². The Hall–Kier alpha value is -0.710. The molecule has 2 N–H and O–H groups in total. The molecule has 4 heteroatoms. The predicted molar refractivity (Wildman–Crippen MR) is 78.9 cm³/mol. The van der Waals surface area contributed by atoms with Gasteiger partial charge in [-0.15, -0.1) is 0 Å². The molecule has 2 rings (SSSR count). The molecular weight excluding hydrogens is 361 g/mol. The third-order valence-electron chi connectivity index (χ3n) is 2.94. The highest BCUT2D eigenvalue weighted by Crippen LogP contribution is 2.34. The number of nitrogens with two attached hydrogens (primary N) is 1. The lowest BCUT2D eigenvalue weighted by Crippen LogP contribution is -2.35. The highest BCUT2D eigenvalue weighted by molar-refractivity contribution is 9.10. The molecule has 0 bridgehead atoms. The summed E-state index contributed by atoms with van der Waals surface area (Å²) < 4.78 is 15.5. The highest BCUT2D eigenvalue weighted by atomic mass is 79.9. The number of rotatable bonds is 2. The summed E-state index contributed by atoms with van der Waals surface area (Å²) in [4.78, 5) is 0. The van der Waals surface area contributed by atoms with Crippen LogP contribution in [-0.2, 0) is 5.54 Å². The van der Waals surface area contributed by atoms with Crippen molar-refractivity contribution in [1.29, 1.82) is 0 Å². The number of hydrogen-bond donors (Lipinski definition) is 1. The van der Waals surface area contributed by atoms with E-state index in [1.807, 2.05) is 24.3 Å². The summed E-state index contributed by atoms with van der Waals surface area (Å²) in [6, 6.07) is 12.7. The van der Waals surface area contributed by atoms with E-state index in [1.54, 1.807) is 25.1 Å². The van der Waals surface area contributed by atoms with E-state index in [2.05, 4.69) is 31.9 Å². The maximum Gasteiger partial charge on any atom is 0.142 e. The van der Waals surface area contributed by atoms with E-state index in [0.717, 1.165) is 10.0 Å². The van der Waals surface area contributed by atoms with Crippen molar-refractivity contribution in [2.75, 3.05) is 0 Å². The first kappa shape index (κ1) is 13.7. The summed E-state index contributed by atoms with van der Waals surface area (Å²) in [5.74, 6) is -0.321. The SMILES string of the molecule is CC(N)(c1ccccc1Br)c1cccc(Br)c1F. The monoisotopic (exact) mass is 371 g/mol. The summed E-state index contributed by atoms with van der Waals surface area (Å²) in [6.45, 7) is 1.80. The van der Waals surface area contributed by atoms with Crippen molar-refractivity contribution in [3.05, 3.63) is 68.4 Å². The number of halogens is 3. The second-order valence-corrected chi connectivity index (χ2v) is 5.99. The van der Waals surface area contributed by atoms with Crippen LogP contribution in [0.1, 0.15) is 18.1 Å². The molecule has 0 saturated carbocycles. The second kappa shape index (κ2) is 5.11. The molecule has 0 aromatic heterocycles. The van der Waals surface area contributed by atoms with Gasteiger partial charge in [-0.25, -0.2) is 4.39 Å². The molecule has 0 heterocycles. The molecule has 0 radical (unpaired) electrons. The van der Waals surface area contributed by atoms with Crippen LogP contribution < -0.4 is 5.73 Å². The highest BCUT2D eigenvalue weighted by Gasteiger charge is 2.29. The zero-order valence-electron chi connectivity index (χ0n) is 9.75. The minimum atomic E-state index is -0.895. The van der Waals surface area contributed by atoms with Crippen molar-refractivity contribution in [2.24, 2.45) is 5.73 Å². The predicted octanol–water partition coefficient (Wildman–Crippen LogP) is 4.57. The van der Waals surface area contributed by atoms with Gasteiger partial charge in [0.15, 0.2) is 0 Å². The lowest BCUT2D eigenvalue weighted by atomic mass is 9.85. The van der Waals surface area contributed by atoms with E-state index >= 15 is 0 Å². The molecule has 2 aromatic rings. The smallest absolute Gasteiger partial charge is 0.142 e. The zero-order chi connectivity index (χ0) is 13.3. The minimum Gasteiger partial charge on any atom is -0.318 e. The van der Waals surface area contributed by atoms with Crippen LogP contribution >= 0.6 is 31.9 Å². The van der Waals surface area contributed by atoms with Gasteiger partial charge in [-0.2, -0.15) is 0 Å². The van der Waals surface area contributed by atoms with Crippen LogP contribution in [-0.4, -0.2) is 0 Å². The Balaban J connectivity index is 2.62. The lowest BCUT2D eigenvalue weighted by Gasteiger charge is -2.27. The van der Waals surface area contributed by atoms with Gasteiger partial charge in [0.1, 0.15) is 5.82 Å². The molecule has 0 aliphatic heterocycles. The average molecular weight is 373 g/mol. The minimum absolute atomic E-state index is 0.321. The molecule has 94 valence electrons. The Morgan fingerprint density at radius 2 is 1.50 bits per heavy atom. The number of hydrogen-bond acceptors (Lipinski definition) is 1. The molecule has 0 fully saturated rings.